The van der Waals surface area contributed by atoms with Gasteiger partial charge in [0.05, 0.1) is 12.1 Å². The number of nitrogens with zero attached hydrogens (tertiary/aromatic N) is 2. The summed E-state index contributed by atoms with van der Waals surface area (Å²) in [6, 6.07) is 24.0. The molecule has 0 aromatic carbocycles. The van der Waals surface area contributed by atoms with E-state index in [0.29, 0.717) is 0 Å². The summed E-state index contributed by atoms with van der Waals surface area (Å²) in [5, 5.41) is 0. The molecule has 4 heterocycles. The standard InChI is InChI=1S/2C10H9N2.8ClH.Os/c2*1-4-8-12(9-5-1)10-6-2-3-7-11-10;;;;;;;;;/h2*1-9H;8*1H;/q2*+1;;;;;;;;;+4/p-6. The van der Waals surface area contributed by atoms with Gasteiger partial charge in [-0.3, -0.25) is 0 Å². The fourth-order valence-electron chi connectivity index (χ4n) is 2.21. The Bertz CT molecular complexity index is 718. The van der Waals surface area contributed by atoms with Crippen LogP contribution in [0.4, 0.5) is 0 Å². The minimum atomic E-state index is 0. The van der Waals surface area contributed by atoms with Gasteiger partial charge in [-0.15, -0.1) is 9.13 Å². The van der Waals surface area contributed by atoms with Crippen molar-refractivity contribution in [3.05, 3.63) is 110 Å². The molecule has 4 rings (SSSR count). The van der Waals surface area contributed by atoms with Gasteiger partial charge in [0.25, 0.3) is 0 Å². The van der Waals surface area contributed by atoms with Crippen molar-refractivity contribution in [3.63, 3.8) is 0 Å². The molecule has 0 unspecified atom stereocenters. The molecule has 0 aliphatic rings. The molecule has 0 atom stereocenters. The molecule has 0 aliphatic heterocycles. The minimum Gasteiger partial charge on any atom is -1.00 e. The van der Waals surface area contributed by atoms with Crippen LogP contribution in [0.1, 0.15) is 0 Å². The third-order valence-corrected chi connectivity index (χ3v) is 3.37. The average Bonchev–Trinajstić information content (AvgIpc) is 2.71. The maximum atomic E-state index is 3.15. The Morgan fingerprint density at radius 3 is 0.939 bits per heavy atom. The van der Waals surface area contributed by atoms with E-state index in [1.54, 1.807) is 0 Å². The molecule has 0 saturated heterocycles. The molecular formula is C20H20Cl8N4Os. The first kappa shape index (κ1) is 49.6. The van der Waals surface area contributed by atoms with Crippen LogP contribution >= 0.6 is 0 Å². The quantitative estimate of drug-likeness (QED) is 0.181. The van der Waals surface area contributed by atoms with Gasteiger partial charge < -0.3 is 99.3 Å². The summed E-state index contributed by atoms with van der Waals surface area (Å²) in [5.74, 6) is 2.14. The summed E-state index contributed by atoms with van der Waals surface area (Å²) in [5.41, 5.74) is 0. The number of H-pyrrole nitrogens is 2. The first-order valence-electron chi connectivity index (χ1n) is 7.80. The van der Waals surface area contributed by atoms with E-state index in [1.165, 1.54) is 0 Å². The molecule has 4 aromatic heterocycles. The van der Waals surface area contributed by atoms with Crippen molar-refractivity contribution in [3.8, 4) is 11.6 Å². The van der Waals surface area contributed by atoms with E-state index in [0.717, 1.165) is 11.6 Å². The number of nitrogens with one attached hydrogen (secondary N) is 2. The molecule has 0 bridgehead atoms. The van der Waals surface area contributed by atoms with Crippen molar-refractivity contribution in [2.45, 2.75) is 0 Å². The van der Waals surface area contributed by atoms with E-state index < -0.39 is 0 Å². The van der Waals surface area contributed by atoms with Crippen molar-refractivity contribution in [2.24, 2.45) is 0 Å². The summed E-state index contributed by atoms with van der Waals surface area (Å²) in [6.45, 7) is 0. The fraction of sp³-hybridized carbons (Fsp3) is 0. The van der Waals surface area contributed by atoms with Gasteiger partial charge in [-0.05, 0) is 12.1 Å². The molecular weight excluding hydrogens is 770 g/mol. The Morgan fingerprint density at radius 1 is 0.394 bits per heavy atom. The molecule has 184 valence electrons. The molecule has 13 heteroatoms. The second-order valence-corrected chi connectivity index (χ2v) is 5.06. The van der Waals surface area contributed by atoms with Gasteiger partial charge in [0.1, 0.15) is 0 Å². The molecule has 0 saturated carbocycles. The van der Waals surface area contributed by atoms with E-state index in [9.17, 15) is 0 Å². The third kappa shape index (κ3) is 17.6. The predicted octanol–water partition coefficient (Wildman–Crippen LogP) is -22.4. The van der Waals surface area contributed by atoms with Crippen LogP contribution in [0.15, 0.2) is 110 Å². The first-order chi connectivity index (χ1) is 11.9. The zero-order valence-corrected chi connectivity index (χ0v) is 25.3. The zero-order chi connectivity index (χ0) is 16.5. The molecule has 0 spiro atoms. The van der Waals surface area contributed by atoms with E-state index in [-0.39, 0.29) is 119 Å². The van der Waals surface area contributed by atoms with Gasteiger partial charge in [0, 0.05) is 36.4 Å². The van der Waals surface area contributed by atoms with E-state index in [4.69, 9.17) is 0 Å². The Hall–Kier alpha value is -0.444. The predicted molar refractivity (Wildman–Crippen MR) is 89.1 cm³/mol. The maximum absolute atomic E-state index is 3.15. The largest absolute Gasteiger partial charge is 4.00 e. The van der Waals surface area contributed by atoms with Crippen molar-refractivity contribution in [1.29, 1.82) is 0 Å². The van der Waals surface area contributed by atoms with Crippen LogP contribution in [0.2, 0.25) is 0 Å². The minimum absolute atomic E-state index is 0. The van der Waals surface area contributed by atoms with Crippen LogP contribution in [0.5, 0.6) is 0 Å². The average molecular weight is 790 g/mol. The van der Waals surface area contributed by atoms with Gasteiger partial charge in [-0.25, -0.2) is 0 Å². The fourth-order valence-corrected chi connectivity index (χ4v) is 2.21. The van der Waals surface area contributed by atoms with Crippen LogP contribution in [0.25, 0.3) is 11.6 Å². The first-order valence-corrected chi connectivity index (χ1v) is 7.80. The molecule has 0 radical (unpaired) electrons. The normalized spacial score (nSPS) is 7.03. The van der Waals surface area contributed by atoms with Crippen LogP contribution < -0.4 is 118 Å². The molecule has 0 aliphatic carbocycles. The SMILES string of the molecule is [Cl-].[Cl-].[Cl-].[Cl-].[Cl-].[Cl-].[Cl-].[Cl-].[Os+4].c1cc[n+](-c2cccc[nH+]2)cc1.c1cc[n+](-c2cccc[nH+]2)cc1. The van der Waals surface area contributed by atoms with E-state index in [1.807, 2.05) is 119 Å². The summed E-state index contributed by atoms with van der Waals surface area (Å²) in [6.07, 6.45) is 11.8. The van der Waals surface area contributed by atoms with E-state index in [2.05, 4.69) is 9.97 Å². The van der Waals surface area contributed by atoms with Crippen LogP contribution in [-0.4, -0.2) is 0 Å². The Balaban J connectivity index is -0.0000000644. The number of hydrogen-bond donors (Lipinski definition) is 0. The maximum Gasteiger partial charge on any atom is 4.00 e. The van der Waals surface area contributed by atoms with Gasteiger partial charge >= 0.3 is 31.4 Å². The second-order valence-electron chi connectivity index (χ2n) is 5.06. The monoisotopic (exact) mass is 788 g/mol. The summed E-state index contributed by atoms with van der Waals surface area (Å²) in [7, 11) is 0. The van der Waals surface area contributed by atoms with Crippen LogP contribution in [0, 0.1) is 0 Å². The number of pyridine rings is 4. The molecule has 4 aromatic rings. The van der Waals surface area contributed by atoms with Crippen molar-refractivity contribution >= 4 is 0 Å². The molecule has 4 nitrogen and oxygen atoms in total. The number of aromatic nitrogens is 4. The van der Waals surface area contributed by atoms with Crippen LogP contribution in [0.3, 0.4) is 0 Å². The molecule has 0 fully saturated rings. The molecule has 0 amide bonds. The summed E-state index contributed by atoms with van der Waals surface area (Å²) < 4.78 is 4.06. The van der Waals surface area contributed by atoms with Crippen molar-refractivity contribution in [1.82, 2.24) is 0 Å². The second kappa shape index (κ2) is 29.6. The number of aromatic amines is 2. The smallest absolute Gasteiger partial charge is 1.00 e. The van der Waals surface area contributed by atoms with Crippen molar-refractivity contribution in [2.75, 3.05) is 0 Å². The van der Waals surface area contributed by atoms with Gasteiger partial charge in [0.2, 0.25) is 0 Å². The Kier molecular flexibility index (Phi) is 44.5. The third-order valence-electron chi connectivity index (χ3n) is 3.37. The Labute approximate surface area is 257 Å². The van der Waals surface area contributed by atoms with Gasteiger partial charge in [-0.1, -0.05) is 12.1 Å². The number of hydrogen-bond acceptors (Lipinski definition) is 0. The number of rotatable bonds is 2. The molecule has 33 heavy (non-hydrogen) atoms. The summed E-state index contributed by atoms with van der Waals surface area (Å²) in [4.78, 5) is 6.30. The Morgan fingerprint density at radius 2 is 0.697 bits per heavy atom. The topological polar surface area (TPSA) is 36.0 Å². The number of halogens is 8. The van der Waals surface area contributed by atoms with Crippen molar-refractivity contribution < 1.29 is 138 Å². The zero-order valence-electron chi connectivity index (χ0n) is 16.7. The van der Waals surface area contributed by atoms with E-state index >= 15 is 0 Å². The molecule has 2 N–H and O–H groups in total. The van der Waals surface area contributed by atoms with Gasteiger partial charge in [-0.2, -0.15) is 9.97 Å². The van der Waals surface area contributed by atoms with Crippen LogP contribution in [-0.2, 0) is 19.8 Å². The summed E-state index contributed by atoms with van der Waals surface area (Å²) >= 11 is 0. The van der Waals surface area contributed by atoms with Gasteiger partial charge in [0.15, 0.2) is 37.2 Å².